The molecule has 2 aromatic rings. The number of anilines is 1. The fraction of sp³-hybridized carbons (Fsp3) is 0.375. The van der Waals surface area contributed by atoms with Crippen molar-refractivity contribution in [3.8, 4) is 17.1 Å². The first-order valence-corrected chi connectivity index (χ1v) is 6.89. The van der Waals surface area contributed by atoms with Gasteiger partial charge in [0.25, 0.3) is 0 Å². The summed E-state index contributed by atoms with van der Waals surface area (Å²) >= 11 is 0. The number of hydrogen-bond acceptors (Lipinski definition) is 5. The van der Waals surface area contributed by atoms with E-state index < -0.39 is 0 Å². The minimum Gasteiger partial charge on any atom is -0.507 e. The molecule has 0 saturated heterocycles. The molecule has 0 aliphatic heterocycles. The van der Waals surface area contributed by atoms with E-state index in [1.807, 2.05) is 32.0 Å². The van der Waals surface area contributed by atoms with Crippen LogP contribution in [0.3, 0.4) is 0 Å². The zero-order valence-corrected chi connectivity index (χ0v) is 13.2. The lowest BCUT2D eigenvalue weighted by Gasteiger charge is -2.19. The Kier molecular flexibility index (Phi) is 3.87. The van der Waals surface area contributed by atoms with Gasteiger partial charge in [0.15, 0.2) is 5.82 Å². The van der Waals surface area contributed by atoms with Crippen molar-refractivity contribution in [1.82, 2.24) is 9.97 Å². The maximum atomic E-state index is 9.89. The quantitative estimate of drug-likeness (QED) is 0.583. The van der Waals surface area contributed by atoms with Crippen LogP contribution in [0.1, 0.15) is 37.6 Å². The van der Waals surface area contributed by atoms with Crippen LogP contribution >= 0.6 is 0 Å². The average molecular weight is 286 g/mol. The first kappa shape index (κ1) is 15.3. The number of phenols is 1. The molecule has 1 heterocycles. The van der Waals surface area contributed by atoms with Crippen LogP contribution in [0.25, 0.3) is 11.4 Å². The van der Waals surface area contributed by atoms with E-state index in [2.05, 4.69) is 36.2 Å². The molecule has 0 bridgehead atoms. The Bertz CT molecular complexity index is 651. The van der Waals surface area contributed by atoms with Gasteiger partial charge in [-0.05, 0) is 37.1 Å². The standard InChI is InChI=1S/C16H22N4O/c1-9-6-11(7-10(2)14(9)21)15-18-12(16(3,4)5)8-13(19-15)20-17/h6-8,21H,17H2,1-5H3,(H,18,19,20). The van der Waals surface area contributed by atoms with Crippen LogP contribution in [-0.4, -0.2) is 15.1 Å². The zero-order valence-electron chi connectivity index (χ0n) is 13.2. The predicted molar refractivity (Wildman–Crippen MR) is 85.1 cm³/mol. The Hall–Kier alpha value is -2.14. The average Bonchev–Trinajstić information content (AvgIpc) is 2.42. The number of nitrogen functional groups attached to an aromatic ring is 1. The Morgan fingerprint density at radius 1 is 1.05 bits per heavy atom. The fourth-order valence-electron chi connectivity index (χ4n) is 2.12. The van der Waals surface area contributed by atoms with Crippen LogP contribution < -0.4 is 11.3 Å². The molecular formula is C16H22N4O. The number of nitrogens with two attached hydrogens (primary N) is 1. The van der Waals surface area contributed by atoms with Gasteiger partial charge in [0.05, 0.1) is 5.69 Å². The van der Waals surface area contributed by atoms with E-state index in [1.165, 1.54) is 0 Å². The Labute approximate surface area is 125 Å². The Morgan fingerprint density at radius 3 is 2.10 bits per heavy atom. The van der Waals surface area contributed by atoms with Gasteiger partial charge in [-0.25, -0.2) is 15.8 Å². The number of aromatic nitrogens is 2. The lowest BCUT2D eigenvalue weighted by atomic mass is 9.91. The number of nitrogens with one attached hydrogen (secondary N) is 1. The molecule has 21 heavy (non-hydrogen) atoms. The third-order valence-corrected chi connectivity index (χ3v) is 3.39. The summed E-state index contributed by atoms with van der Waals surface area (Å²) in [7, 11) is 0. The Morgan fingerprint density at radius 2 is 1.62 bits per heavy atom. The molecular weight excluding hydrogens is 264 g/mol. The SMILES string of the molecule is Cc1cc(-c2nc(NN)cc(C(C)(C)C)n2)cc(C)c1O. The first-order valence-electron chi connectivity index (χ1n) is 6.89. The second-order valence-corrected chi connectivity index (χ2v) is 6.32. The topological polar surface area (TPSA) is 84.1 Å². The zero-order chi connectivity index (χ0) is 15.8. The highest BCUT2D eigenvalue weighted by atomic mass is 16.3. The van der Waals surface area contributed by atoms with Gasteiger partial charge in [-0.15, -0.1) is 0 Å². The third-order valence-electron chi connectivity index (χ3n) is 3.39. The van der Waals surface area contributed by atoms with Crippen molar-refractivity contribution >= 4 is 5.82 Å². The number of rotatable bonds is 2. The number of aryl methyl sites for hydroxylation is 2. The van der Waals surface area contributed by atoms with Crippen molar-refractivity contribution in [2.75, 3.05) is 5.43 Å². The molecule has 1 aromatic carbocycles. The number of hydrogen-bond donors (Lipinski definition) is 3. The summed E-state index contributed by atoms with van der Waals surface area (Å²) < 4.78 is 0. The van der Waals surface area contributed by atoms with Crippen molar-refractivity contribution in [1.29, 1.82) is 0 Å². The highest BCUT2D eigenvalue weighted by molar-refractivity contribution is 5.62. The molecule has 5 nitrogen and oxygen atoms in total. The fourth-order valence-corrected chi connectivity index (χ4v) is 2.12. The molecule has 0 spiro atoms. The van der Waals surface area contributed by atoms with E-state index in [-0.39, 0.29) is 5.41 Å². The molecule has 1 aromatic heterocycles. The van der Waals surface area contributed by atoms with Crippen molar-refractivity contribution in [3.63, 3.8) is 0 Å². The summed E-state index contributed by atoms with van der Waals surface area (Å²) in [5.41, 5.74) is 5.86. The van der Waals surface area contributed by atoms with Crippen LogP contribution in [0.15, 0.2) is 18.2 Å². The van der Waals surface area contributed by atoms with Crippen molar-refractivity contribution in [2.24, 2.45) is 5.84 Å². The summed E-state index contributed by atoms with van der Waals surface area (Å²) in [6, 6.07) is 5.61. The van der Waals surface area contributed by atoms with E-state index >= 15 is 0 Å². The molecule has 0 aliphatic carbocycles. The molecule has 0 unspecified atom stereocenters. The van der Waals surface area contributed by atoms with E-state index in [1.54, 1.807) is 0 Å². The third kappa shape index (κ3) is 3.13. The van der Waals surface area contributed by atoms with Crippen LogP contribution in [0.5, 0.6) is 5.75 Å². The molecule has 4 N–H and O–H groups in total. The summed E-state index contributed by atoms with van der Waals surface area (Å²) in [4.78, 5) is 9.07. The van der Waals surface area contributed by atoms with Gasteiger partial charge in [-0.1, -0.05) is 20.8 Å². The van der Waals surface area contributed by atoms with E-state index in [9.17, 15) is 5.11 Å². The molecule has 0 atom stereocenters. The molecule has 0 amide bonds. The van der Waals surface area contributed by atoms with E-state index in [4.69, 9.17) is 5.84 Å². The van der Waals surface area contributed by atoms with Crippen LogP contribution in [-0.2, 0) is 5.41 Å². The van der Waals surface area contributed by atoms with Gasteiger partial charge in [-0.2, -0.15) is 0 Å². The van der Waals surface area contributed by atoms with E-state index in [0.717, 1.165) is 22.4 Å². The summed E-state index contributed by atoms with van der Waals surface area (Å²) in [6.07, 6.45) is 0. The molecule has 5 heteroatoms. The molecule has 2 rings (SSSR count). The highest BCUT2D eigenvalue weighted by Crippen LogP contribution is 2.30. The lowest BCUT2D eigenvalue weighted by molar-refractivity contribution is 0.467. The summed E-state index contributed by atoms with van der Waals surface area (Å²) in [6.45, 7) is 10.00. The second kappa shape index (κ2) is 5.33. The van der Waals surface area contributed by atoms with Crippen LogP contribution in [0.4, 0.5) is 5.82 Å². The minimum atomic E-state index is -0.107. The molecule has 0 saturated carbocycles. The molecule has 112 valence electrons. The monoisotopic (exact) mass is 286 g/mol. The minimum absolute atomic E-state index is 0.107. The Balaban J connectivity index is 2.63. The van der Waals surface area contributed by atoms with Crippen molar-refractivity contribution < 1.29 is 5.11 Å². The van der Waals surface area contributed by atoms with Crippen LogP contribution in [0.2, 0.25) is 0 Å². The van der Waals surface area contributed by atoms with Gasteiger partial charge in [0, 0.05) is 17.0 Å². The maximum absolute atomic E-state index is 9.89. The predicted octanol–water partition coefficient (Wildman–Crippen LogP) is 3.05. The summed E-state index contributed by atoms with van der Waals surface area (Å²) in [5.74, 6) is 7.00. The molecule has 0 radical (unpaired) electrons. The second-order valence-electron chi connectivity index (χ2n) is 6.32. The lowest BCUT2D eigenvalue weighted by Crippen LogP contribution is -2.17. The normalized spacial score (nSPS) is 11.5. The number of nitrogens with zero attached hydrogens (tertiary/aromatic N) is 2. The highest BCUT2D eigenvalue weighted by Gasteiger charge is 2.19. The summed E-state index contributed by atoms with van der Waals surface area (Å²) in [5, 5.41) is 9.89. The van der Waals surface area contributed by atoms with Crippen molar-refractivity contribution in [3.05, 3.63) is 35.0 Å². The van der Waals surface area contributed by atoms with Gasteiger partial charge in [-0.3, -0.25) is 0 Å². The number of benzene rings is 1. The number of hydrazine groups is 1. The molecule has 0 aliphatic rings. The van der Waals surface area contributed by atoms with Crippen LogP contribution in [0, 0.1) is 13.8 Å². The van der Waals surface area contributed by atoms with Gasteiger partial charge >= 0.3 is 0 Å². The number of phenolic OH excluding ortho intramolecular Hbond substituents is 1. The maximum Gasteiger partial charge on any atom is 0.161 e. The first-order chi connectivity index (χ1) is 9.72. The van der Waals surface area contributed by atoms with E-state index in [0.29, 0.717) is 17.4 Å². The number of aromatic hydroxyl groups is 1. The van der Waals surface area contributed by atoms with Gasteiger partial charge < -0.3 is 10.5 Å². The van der Waals surface area contributed by atoms with Gasteiger partial charge in [0.1, 0.15) is 11.6 Å². The van der Waals surface area contributed by atoms with Gasteiger partial charge in [0.2, 0.25) is 0 Å². The smallest absolute Gasteiger partial charge is 0.161 e. The van der Waals surface area contributed by atoms with Crippen molar-refractivity contribution in [2.45, 2.75) is 40.0 Å². The molecule has 0 fully saturated rings. The largest absolute Gasteiger partial charge is 0.507 e.